The van der Waals surface area contributed by atoms with Gasteiger partial charge >= 0.3 is 0 Å². The second kappa shape index (κ2) is 7.35. The standard InChI is InChI=1S/C23H17N3O3S/c1-14-17(12-16-9-5-6-10-19(16)29-14)13-20-22(28)26-23(30-20)24-21(27)18(25-26)11-15-7-3-2-4-8-15/h2-10,12-14H,11H2,1H3/t14-/m1/s1. The molecule has 5 rings (SSSR count). The van der Waals surface area contributed by atoms with Gasteiger partial charge in [-0.2, -0.15) is 14.6 Å². The van der Waals surface area contributed by atoms with Crippen molar-refractivity contribution in [3.05, 3.63) is 102 Å². The van der Waals surface area contributed by atoms with Crippen molar-refractivity contribution in [2.75, 3.05) is 0 Å². The van der Waals surface area contributed by atoms with E-state index in [0.717, 1.165) is 33.8 Å². The molecule has 1 aliphatic heterocycles. The predicted octanol–water partition coefficient (Wildman–Crippen LogP) is 2.47. The Kier molecular flexibility index (Phi) is 4.52. The summed E-state index contributed by atoms with van der Waals surface area (Å²) in [5.41, 5.74) is 2.34. The fraction of sp³-hybridized carbons (Fsp3) is 0.130. The lowest BCUT2D eigenvalue weighted by molar-refractivity contribution is 0.259. The zero-order valence-electron chi connectivity index (χ0n) is 16.1. The molecule has 1 atom stereocenters. The van der Waals surface area contributed by atoms with Gasteiger partial charge in [-0.3, -0.25) is 9.59 Å². The zero-order chi connectivity index (χ0) is 20.7. The van der Waals surface area contributed by atoms with Crippen LogP contribution in [0.4, 0.5) is 0 Å². The molecule has 0 fully saturated rings. The van der Waals surface area contributed by atoms with Crippen LogP contribution in [-0.2, 0) is 6.42 Å². The first-order valence-electron chi connectivity index (χ1n) is 9.54. The fourth-order valence-electron chi connectivity index (χ4n) is 3.41. The number of fused-ring (bicyclic) bond motifs is 2. The number of para-hydroxylation sites is 1. The second-order valence-electron chi connectivity index (χ2n) is 7.08. The topological polar surface area (TPSA) is 73.6 Å². The molecular formula is C23H17N3O3S. The molecule has 0 bridgehead atoms. The molecule has 0 spiro atoms. The highest BCUT2D eigenvalue weighted by molar-refractivity contribution is 7.15. The molecule has 7 heteroatoms. The van der Waals surface area contributed by atoms with Gasteiger partial charge in [-0.25, -0.2) is 0 Å². The molecule has 6 nitrogen and oxygen atoms in total. The fourth-order valence-corrected chi connectivity index (χ4v) is 4.32. The largest absolute Gasteiger partial charge is 0.485 e. The van der Waals surface area contributed by atoms with Gasteiger partial charge < -0.3 is 4.74 Å². The average Bonchev–Trinajstić information content (AvgIpc) is 3.04. The minimum atomic E-state index is -0.408. The molecule has 0 aliphatic carbocycles. The van der Waals surface area contributed by atoms with Gasteiger partial charge in [-0.15, -0.1) is 0 Å². The SMILES string of the molecule is C[C@H]1Oc2ccccc2C=C1C=c1sc2nc(=O)c(Cc3ccccc3)nn2c1=O. The van der Waals surface area contributed by atoms with E-state index in [4.69, 9.17) is 4.74 Å². The number of hydrogen-bond donors (Lipinski definition) is 0. The van der Waals surface area contributed by atoms with Crippen LogP contribution in [0.15, 0.2) is 69.8 Å². The van der Waals surface area contributed by atoms with Crippen LogP contribution < -0.4 is 20.4 Å². The Morgan fingerprint density at radius 2 is 1.87 bits per heavy atom. The third-order valence-electron chi connectivity index (χ3n) is 4.98. The quantitative estimate of drug-likeness (QED) is 0.514. The molecule has 0 unspecified atom stereocenters. The molecule has 0 radical (unpaired) electrons. The Labute approximate surface area is 175 Å². The van der Waals surface area contributed by atoms with Crippen LogP contribution in [0.5, 0.6) is 5.75 Å². The third-order valence-corrected chi connectivity index (χ3v) is 5.94. The number of ether oxygens (including phenoxy) is 1. The van der Waals surface area contributed by atoms with Crippen molar-refractivity contribution < 1.29 is 4.74 Å². The van der Waals surface area contributed by atoms with Crippen molar-refractivity contribution in [2.24, 2.45) is 0 Å². The van der Waals surface area contributed by atoms with Crippen molar-refractivity contribution in [1.29, 1.82) is 0 Å². The molecule has 148 valence electrons. The summed E-state index contributed by atoms with van der Waals surface area (Å²) in [6.07, 6.45) is 3.94. The van der Waals surface area contributed by atoms with Crippen molar-refractivity contribution in [2.45, 2.75) is 19.4 Å². The van der Waals surface area contributed by atoms with Gasteiger partial charge in [0.1, 0.15) is 17.5 Å². The van der Waals surface area contributed by atoms with Crippen LogP contribution in [0, 0.1) is 0 Å². The van der Waals surface area contributed by atoms with Crippen LogP contribution in [0.1, 0.15) is 23.7 Å². The van der Waals surface area contributed by atoms with Crippen molar-refractivity contribution in [3.63, 3.8) is 0 Å². The first kappa shape index (κ1) is 18.4. The van der Waals surface area contributed by atoms with Crippen LogP contribution in [-0.4, -0.2) is 20.7 Å². The minimum Gasteiger partial charge on any atom is -0.485 e. The van der Waals surface area contributed by atoms with Gasteiger partial charge in [-0.05, 0) is 36.3 Å². The lowest BCUT2D eigenvalue weighted by Crippen LogP contribution is -2.29. The molecule has 2 aromatic carbocycles. The minimum absolute atomic E-state index is 0.195. The molecular weight excluding hydrogens is 398 g/mol. The van der Waals surface area contributed by atoms with Crippen LogP contribution >= 0.6 is 11.3 Å². The van der Waals surface area contributed by atoms with E-state index in [0.29, 0.717) is 15.9 Å². The lowest BCUT2D eigenvalue weighted by atomic mass is 10.0. The Balaban J connectivity index is 1.60. The molecule has 3 heterocycles. The number of hydrogen-bond acceptors (Lipinski definition) is 6. The summed E-state index contributed by atoms with van der Waals surface area (Å²) >= 11 is 1.15. The summed E-state index contributed by atoms with van der Waals surface area (Å²) < 4.78 is 7.64. The molecule has 0 saturated carbocycles. The summed E-state index contributed by atoms with van der Waals surface area (Å²) in [7, 11) is 0. The Morgan fingerprint density at radius 1 is 1.10 bits per heavy atom. The summed E-state index contributed by atoms with van der Waals surface area (Å²) in [5.74, 6) is 0.820. The maximum absolute atomic E-state index is 12.9. The van der Waals surface area contributed by atoms with E-state index >= 15 is 0 Å². The number of thiazole rings is 1. The van der Waals surface area contributed by atoms with E-state index in [9.17, 15) is 9.59 Å². The number of aromatic nitrogens is 3. The van der Waals surface area contributed by atoms with Gasteiger partial charge in [0.15, 0.2) is 0 Å². The second-order valence-corrected chi connectivity index (χ2v) is 8.09. The normalized spacial score (nSPS) is 16.2. The van der Waals surface area contributed by atoms with Crippen molar-refractivity contribution in [1.82, 2.24) is 14.6 Å². The van der Waals surface area contributed by atoms with Gasteiger partial charge in [-0.1, -0.05) is 59.9 Å². The molecule has 0 saturated heterocycles. The van der Waals surface area contributed by atoms with Crippen LogP contribution in [0.2, 0.25) is 0 Å². The first-order valence-corrected chi connectivity index (χ1v) is 10.4. The van der Waals surface area contributed by atoms with Crippen LogP contribution in [0.3, 0.4) is 0 Å². The molecule has 0 N–H and O–H groups in total. The number of nitrogens with zero attached hydrogens (tertiary/aromatic N) is 3. The summed E-state index contributed by atoms with van der Waals surface area (Å²) in [6, 6.07) is 17.3. The smallest absolute Gasteiger partial charge is 0.296 e. The lowest BCUT2D eigenvalue weighted by Gasteiger charge is -2.22. The predicted molar refractivity (Wildman–Crippen MR) is 117 cm³/mol. The van der Waals surface area contributed by atoms with Gasteiger partial charge in [0.2, 0.25) is 4.96 Å². The molecule has 2 aromatic heterocycles. The average molecular weight is 415 g/mol. The van der Waals surface area contributed by atoms with E-state index in [-0.39, 0.29) is 17.4 Å². The van der Waals surface area contributed by atoms with Gasteiger partial charge in [0.05, 0.1) is 4.53 Å². The van der Waals surface area contributed by atoms with Crippen LogP contribution in [0.25, 0.3) is 17.1 Å². The Bertz CT molecular complexity index is 1450. The highest BCUT2D eigenvalue weighted by Crippen LogP contribution is 2.29. The first-order chi connectivity index (χ1) is 14.6. The summed E-state index contributed by atoms with van der Waals surface area (Å²) in [6.45, 7) is 1.94. The number of rotatable bonds is 3. The van der Waals surface area contributed by atoms with Gasteiger partial charge in [0.25, 0.3) is 11.1 Å². The summed E-state index contributed by atoms with van der Waals surface area (Å²) in [4.78, 5) is 29.7. The number of benzene rings is 2. The van der Waals surface area contributed by atoms with Crippen molar-refractivity contribution in [3.8, 4) is 5.75 Å². The monoisotopic (exact) mass is 415 g/mol. The summed E-state index contributed by atoms with van der Waals surface area (Å²) in [5, 5.41) is 4.31. The van der Waals surface area contributed by atoms with Crippen molar-refractivity contribution >= 4 is 28.4 Å². The Morgan fingerprint density at radius 3 is 2.70 bits per heavy atom. The van der Waals surface area contributed by atoms with E-state index < -0.39 is 5.56 Å². The molecule has 4 aromatic rings. The van der Waals surface area contributed by atoms with E-state index in [2.05, 4.69) is 10.1 Å². The Hall–Kier alpha value is -3.58. The zero-order valence-corrected chi connectivity index (χ0v) is 16.9. The maximum atomic E-state index is 12.9. The molecule has 1 aliphatic rings. The van der Waals surface area contributed by atoms with E-state index in [1.54, 1.807) is 6.08 Å². The molecule has 0 amide bonds. The van der Waals surface area contributed by atoms with E-state index in [1.807, 2.05) is 67.6 Å². The highest BCUT2D eigenvalue weighted by Gasteiger charge is 2.18. The third kappa shape index (κ3) is 3.33. The maximum Gasteiger partial charge on any atom is 0.296 e. The molecule has 30 heavy (non-hydrogen) atoms. The van der Waals surface area contributed by atoms with Gasteiger partial charge in [0, 0.05) is 12.0 Å². The highest BCUT2D eigenvalue weighted by atomic mass is 32.1. The van der Waals surface area contributed by atoms with E-state index in [1.165, 1.54) is 4.52 Å².